The molecule has 1 aliphatic heterocycles. The molecular weight excluding hydrogens is 451 g/mol. The fraction of sp³-hybridized carbons (Fsp3) is 0.533. The topological polar surface area (TPSA) is 60.1 Å². The molecule has 9 heteroatoms. The molecule has 0 bridgehead atoms. The van der Waals surface area contributed by atoms with Crippen LogP contribution >= 0.6 is 35.7 Å². The average molecular weight is 473 g/mol. The van der Waals surface area contributed by atoms with Gasteiger partial charge in [-0.15, -0.1) is 24.0 Å². The number of alkyl halides is 2. The van der Waals surface area contributed by atoms with Crippen molar-refractivity contribution in [1.82, 2.24) is 4.90 Å². The number of rotatable bonds is 6. The molecule has 0 atom stereocenters. The van der Waals surface area contributed by atoms with Gasteiger partial charge in [0.05, 0.1) is 13.2 Å². The maximum absolute atomic E-state index is 12.4. The number of thioether (sulfide) groups is 1. The van der Waals surface area contributed by atoms with Crippen molar-refractivity contribution < 1.29 is 18.3 Å². The van der Waals surface area contributed by atoms with Crippen LogP contribution in [0.3, 0.4) is 0 Å². The van der Waals surface area contributed by atoms with Gasteiger partial charge < -0.3 is 20.1 Å². The second kappa shape index (κ2) is 10.8. The summed E-state index contributed by atoms with van der Waals surface area (Å²) in [5.41, 5.74) is 6.82. The monoisotopic (exact) mass is 473 g/mol. The molecule has 0 spiro atoms. The quantitative estimate of drug-likeness (QED) is 0.391. The fourth-order valence-corrected chi connectivity index (χ4v) is 3.08. The van der Waals surface area contributed by atoms with E-state index in [-0.39, 0.29) is 35.5 Å². The minimum absolute atomic E-state index is 0. The summed E-state index contributed by atoms with van der Waals surface area (Å²) in [6.07, 6.45) is 0. The zero-order valence-electron chi connectivity index (χ0n) is 13.4. The Labute approximate surface area is 162 Å². The number of nitrogens with zero attached hydrogens (tertiary/aromatic N) is 2. The molecule has 1 aliphatic rings. The first-order chi connectivity index (χ1) is 11.1. The second-order valence-electron chi connectivity index (χ2n) is 4.87. The summed E-state index contributed by atoms with van der Waals surface area (Å²) in [5, 5.41) is 0. The Morgan fingerprint density at radius 2 is 2.04 bits per heavy atom. The summed E-state index contributed by atoms with van der Waals surface area (Å²) < 4.78 is 34.6. The molecule has 24 heavy (non-hydrogen) atoms. The number of hydrogen-bond donors (Lipinski definition) is 1. The van der Waals surface area contributed by atoms with E-state index in [0.29, 0.717) is 19.1 Å². The van der Waals surface area contributed by atoms with E-state index in [1.54, 1.807) is 19.1 Å². The third-order valence-electron chi connectivity index (χ3n) is 3.28. The molecule has 1 aromatic rings. The van der Waals surface area contributed by atoms with Crippen LogP contribution in [0, 0.1) is 0 Å². The molecule has 0 aliphatic carbocycles. The van der Waals surface area contributed by atoms with Crippen molar-refractivity contribution in [2.75, 3.05) is 31.2 Å². The van der Waals surface area contributed by atoms with Gasteiger partial charge in [-0.05, 0) is 24.6 Å². The number of nitrogens with two attached hydrogens (primary N) is 1. The van der Waals surface area contributed by atoms with Gasteiger partial charge in [-0.25, -0.2) is 4.99 Å². The lowest BCUT2D eigenvalue weighted by atomic mass is 10.2. The summed E-state index contributed by atoms with van der Waals surface area (Å²) >= 11 is 1.90. The Hall–Kier alpha value is -0.970. The first-order valence-corrected chi connectivity index (χ1v) is 8.58. The second-order valence-corrected chi connectivity index (χ2v) is 6.09. The van der Waals surface area contributed by atoms with Crippen LogP contribution in [0.5, 0.6) is 11.5 Å². The largest absolute Gasteiger partial charge is 0.490 e. The molecule has 136 valence electrons. The highest BCUT2D eigenvalue weighted by molar-refractivity contribution is 14.0. The van der Waals surface area contributed by atoms with Gasteiger partial charge in [0.1, 0.15) is 0 Å². The van der Waals surface area contributed by atoms with Crippen LogP contribution in [0.15, 0.2) is 23.2 Å². The standard InChI is InChI=1S/C15H21F2N3O2S.HI/c1-2-21-13-9-11(3-4-12(13)22-14(16)17)10-19-15(18)20-5-7-23-8-6-20;/h3-4,9,14H,2,5-8,10H2,1H3,(H2,18,19);1H. The van der Waals surface area contributed by atoms with Crippen molar-refractivity contribution in [3.8, 4) is 11.5 Å². The van der Waals surface area contributed by atoms with Gasteiger partial charge in [0.2, 0.25) is 0 Å². The molecule has 0 amide bonds. The summed E-state index contributed by atoms with van der Waals surface area (Å²) in [6.45, 7) is 1.41. The maximum atomic E-state index is 12.4. The molecule has 1 saturated heterocycles. The molecule has 1 heterocycles. The fourth-order valence-electron chi connectivity index (χ4n) is 2.18. The van der Waals surface area contributed by atoms with Gasteiger partial charge in [0.15, 0.2) is 17.5 Å². The number of halogens is 3. The van der Waals surface area contributed by atoms with Crippen molar-refractivity contribution in [1.29, 1.82) is 0 Å². The molecule has 0 unspecified atom stereocenters. The zero-order chi connectivity index (χ0) is 16.7. The van der Waals surface area contributed by atoms with Gasteiger partial charge in [-0.3, -0.25) is 0 Å². The van der Waals surface area contributed by atoms with Gasteiger partial charge in [0.25, 0.3) is 0 Å². The third kappa shape index (κ3) is 6.50. The average Bonchev–Trinajstić information content (AvgIpc) is 2.55. The zero-order valence-corrected chi connectivity index (χ0v) is 16.6. The van der Waals surface area contributed by atoms with E-state index in [2.05, 4.69) is 9.73 Å². The minimum atomic E-state index is -2.88. The third-order valence-corrected chi connectivity index (χ3v) is 4.23. The van der Waals surface area contributed by atoms with Crippen molar-refractivity contribution in [3.63, 3.8) is 0 Å². The van der Waals surface area contributed by atoms with E-state index in [0.717, 1.165) is 30.2 Å². The van der Waals surface area contributed by atoms with Gasteiger partial charge in [-0.1, -0.05) is 6.07 Å². The van der Waals surface area contributed by atoms with E-state index in [4.69, 9.17) is 10.5 Å². The van der Waals surface area contributed by atoms with Crippen LogP contribution in [0.2, 0.25) is 0 Å². The van der Waals surface area contributed by atoms with Gasteiger partial charge >= 0.3 is 6.61 Å². The Bertz CT molecular complexity index is 543. The lowest BCUT2D eigenvalue weighted by Crippen LogP contribution is -2.42. The molecule has 0 radical (unpaired) electrons. The van der Waals surface area contributed by atoms with Crippen LogP contribution in [0.4, 0.5) is 8.78 Å². The highest BCUT2D eigenvalue weighted by Gasteiger charge is 2.13. The van der Waals surface area contributed by atoms with Crippen molar-refractivity contribution in [3.05, 3.63) is 23.8 Å². The SMILES string of the molecule is CCOc1cc(CN=C(N)N2CCSCC2)ccc1OC(F)F.I. The normalized spacial score (nSPS) is 15.2. The van der Waals surface area contributed by atoms with Gasteiger partial charge in [0, 0.05) is 24.6 Å². The maximum Gasteiger partial charge on any atom is 0.387 e. The lowest BCUT2D eigenvalue weighted by molar-refractivity contribution is -0.0514. The molecule has 2 N–H and O–H groups in total. The summed E-state index contributed by atoms with van der Waals surface area (Å²) in [7, 11) is 0. The lowest BCUT2D eigenvalue weighted by Gasteiger charge is -2.27. The van der Waals surface area contributed by atoms with Crippen LogP contribution in [0.25, 0.3) is 0 Å². The van der Waals surface area contributed by atoms with Gasteiger partial charge in [-0.2, -0.15) is 20.5 Å². The highest BCUT2D eigenvalue weighted by atomic mass is 127. The van der Waals surface area contributed by atoms with E-state index < -0.39 is 6.61 Å². The summed E-state index contributed by atoms with van der Waals surface area (Å²) in [5.74, 6) is 2.91. The first-order valence-electron chi connectivity index (χ1n) is 7.43. The van der Waals surface area contributed by atoms with Crippen molar-refractivity contribution >= 4 is 41.7 Å². The van der Waals surface area contributed by atoms with E-state index >= 15 is 0 Å². The molecule has 2 rings (SSSR count). The van der Waals surface area contributed by atoms with Crippen molar-refractivity contribution in [2.24, 2.45) is 10.7 Å². The Morgan fingerprint density at radius 1 is 1.33 bits per heavy atom. The molecule has 0 saturated carbocycles. The number of benzene rings is 1. The number of ether oxygens (including phenoxy) is 2. The smallest absolute Gasteiger partial charge is 0.387 e. The Morgan fingerprint density at radius 3 is 2.67 bits per heavy atom. The molecule has 1 fully saturated rings. The number of aliphatic imine (C=N–C) groups is 1. The van der Waals surface area contributed by atoms with Crippen LogP contribution in [0.1, 0.15) is 12.5 Å². The van der Waals surface area contributed by atoms with Crippen LogP contribution in [-0.2, 0) is 6.54 Å². The van der Waals surface area contributed by atoms with E-state index in [1.165, 1.54) is 6.07 Å². The molecular formula is C15H22F2IN3O2S. The molecule has 0 aromatic heterocycles. The first kappa shape index (κ1) is 21.1. The highest BCUT2D eigenvalue weighted by Crippen LogP contribution is 2.30. The van der Waals surface area contributed by atoms with E-state index in [1.807, 2.05) is 16.7 Å². The predicted octanol–water partition coefficient (Wildman–Crippen LogP) is 3.17. The Kier molecular flexibility index (Phi) is 9.49. The van der Waals surface area contributed by atoms with E-state index in [9.17, 15) is 8.78 Å². The predicted molar refractivity (Wildman–Crippen MR) is 104 cm³/mol. The van der Waals surface area contributed by atoms with Crippen molar-refractivity contribution in [2.45, 2.75) is 20.1 Å². The molecule has 5 nitrogen and oxygen atoms in total. The Balaban J connectivity index is 0.00000288. The summed E-state index contributed by atoms with van der Waals surface area (Å²) in [4.78, 5) is 6.43. The molecule has 1 aromatic carbocycles. The number of hydrogen-bond acceptors (Lipinski definition) is 4. The number of guanidine groups is 1. The minimum Gasteiger partial charge on any atom is -0.490 e. The van der Waals surface area contributed by atoms with Crippen LogP contribution in [-0.4, -0.2) is 48.7 Å². The summed E-state index contributed by atoms with van der Waals surface area (Å²) in [6, 6.07) is 4.81. The van der Waals surface area contributed by atoms with Crippen LogP contribution < -0.4 is 15.2 Å².